The third-order valence-electron chi connectivity index (χ3n) is 3.82. The monoisotopic (exact) mass is 278 g/mol. The molecule has 0 aromatic carbocycles. The Morgan fingerprint density at radius 1 is 1.25 bits per heavy atom. The second-order valence-electron chi connectivity index (χ2n) is 5.56. The first-order valence-corrected chi connectivity index (χ1v) is 7.21. The van der Waals surface area contributed by atoms with Crippen LogP contribution in [0.1, 0.15) is 54.7 Å². The fourth-order valence-corrected chi connectivity index (χ4v) is 2.68. The summed E-state index contributed by atoms with van der Waals surface area (Å²) < 4.78 is 0. The fourth-order valence-electron chi connectivity index (χ4n) is 2.68. The molecule has 1 saturated carbocycles. The average Bonchev–Trinajstić information content (AvgIpc) is 2.64. The number of rotatable bonds is 5. The van der Waals surface area contributed by atoms with Gasteiger partial charge in [-0.2, -0.15) is 0 Å². The van der Waals surface area contributed by atoms with E-state index in [-0.39, 0.29) is 5.69 Å². The summed E-state index contributed by atoms with van der Waals surface area (Å²) in [4.78, 5) is 14.9. The predicted molar refractivity (Wildman–Crippen MR) is 75.6 cm³/mol. The van der Waals surface area contributed by atoms with Gasteiger partial charge in [0.25, 0.3) is 0 Å². The topological polar surface area (TPSA) is 82.5 Å². The number of pyridine rings is 1. The zero-order chi connectivity index (χ0) is 14.4. The molecule has 110 valence electrons. The van der Waals surface area contributed by atoms with E-state index < -0.39 is 11.6 Å². The van der Waals surface area contributed by atoms with Crippen molar-refractivity contribution in [2.45, 2.75) is 50.7 Å². The summed E-state index contributed by atoms with van der Waals surface area (Å²) in [5, 5.41) is 22.6. The number of hydrogen-bond donors (Lipinski definition) is 3. The SMILES string of the molecule is O=C(O)c1cccc(CNCC2(O)CCCCCC2)n1. The number of carbonyl (C=O) groups is 1. The molecule has 3 N–H and O–H groups in total. The summed E-state index contributed by atoms with van der Waals surface area (Å²) in [6.07, 6.45) is 6.22. The summed E-state index contributed by atoms with van der Waals surface area (Å²) in [5.41, 5.74) is 0.112. The Balaban J connectivity index is 1.85. The van der Waals surface area contributed by atoms with Crippen LogP contribution in [0.4, 0.5) is 0 Å². The lowest BCUT2D eigenvalue weighted by Gasteiger charge is -2.26. The van der Waals surface area contributed by atoms with Gasteiger partial charge in [0.1, 0.15) is 5.69 Å². The number of carboxylic acid groups (broad SMARTS) is 1. The molecule has 0 radical (unpaired) electrons. The number of nitrogens with one attached hydrogen (secondary N) is 1. The van der Waals surface area contributed by atoms with Crippen LogP contribution in [-0.4, -0.2) is 33.3 Å². The standard InChI is InChI=1S/C15H22N2O3/c18-14(19)13-7-5-6-12(17-13)10-16-11-15(20)8-3-1-2-4-9-15/h5-7,16,20H,1-4,8-11H2,(H,18,19). The molecule has 20 heavy (non-hydrogen) atoms. The number of aliphatic hydroxyl groups is 1. The minimum Gasteiger partial charge on any atom is -0.477 e. The zero-order valence-electron chi connectivity index (χ0n) is 11.6. The summed E-state index contributed by atoms with van der Waals surface area (Å²) in [7, 11) is 0. The van der Waals surface area contributed by atoms with Gasteiger partial charge < -0.3 is 15.5 Å². The smallest absolute Gasteiger partial charge is 0.354 e. The molecule has 0 aliphatic heterocycles. The molecule has 1 aromatic rings. The first-order valence-electron chi connectivity index (χ1n) is 7.21. The van der Waals surface area contributed by atoms with Crippen LogP contribution >= 0.6 is 0 Å². The van der Waals surface area contributed by atoms with Crippen LogP contribution in [0.15, 0.2) is 18.2 Å². The Morgan fingerprint density at radius 2 is 1.95 bits per heavy atom. The molecule has 1 fully saturated rings. The van der Waals surface area contributed by atoms with Crippen molar-refractivity contribution in [3.63, 3.8) is 0 Å². The van der Waals surface area contributed by atoms with Gasteiger partial charge in [-0.15, -0.1) is 0 Å². The Hall–Kier alpha value is -1.46. The normalized spacial score (nSPS) is 18.4. The highest BCUT2D eigenvalue weighted by Gasteiger charge is 2.27. The Bertz CT molecular complexity index is 454. The van der Waals surface area contributed by atoms with E-state index in [9.17, 15) is 9.90 Å². The van der Waals surface area contributed by atoms with E-state index in [1.54, 1.807) is 12.1 Å². The fraction of sp³-hybridized carbons (Fsp3) is 0.600. The number of hydrogen-bond acceptors (Lipinski definition) is 4. The highest BCUT2D eigenvalue weighted by molar-refractivity contribution is 5.85. The quantitative estimate of drug-likeness (QED) is 0.717. The molecule has 1 aliphatic rings. The summed E-state index contributed by atoms with van der Waals surface area (Å²) in [6.45, 7) is 1.01. The second kappa shape index (κ2) is 6.81. The van der Waals surface area contributed by atoms with Crippen molar-refractivity contribution in [2.75, 3.05) is 6.54 Å². The Morgan fingerprint density at radius 3 is 2.60 bits per heavy atom. The lowest BCUT2D eigenvalue weighted by molar-refractivity contribution is 0.0249. The molecular formula is C15H22N2O3. The lowest BCUT2D eigenvalue weighted by Crippen LogP contribution is -2.40. The maximum absolute atomic E-state index is 10.8. The van der Waals surface area contributed by atoms with Crippen molar-refractivity contribution >= 4 is 5.97 Å². The molecule has 0 amide bonds. The Labute approximate surface area is 119 Å². The van der Waals surface area contributed by atoms with Crippen LogP contribution in [-0.2, 0) is 6.54 Å². The molecule has 0 unspecified atom stereocenters. The number of aromatic nitrogens is 1. The summed E-state index contributed by atoms with van der Waals surface area (Å²) >= 11 is 0. The van der Waals surface area contributed by atoms with Gasteiger partial charge in [0, 0.05) is 13.1 Å². The van der Waals surface area contributed by atoms with E-state index in [1.807, 2.05) is 0 Å². The third-order valence-corrected chi connectivity index (χ3v) is 3.82. The molecule has 0 spiro atoms. The molecule has 0 saturated heterocycles. The van der Waals surface area contributed by atoms with Crippen molar-refractivity contribution in [1.82, 2.24) is 10.3 Å². The molecule has 1 aliphatic carbocycles. The van der Waals surface area contributed by atoms with Crippen molar-refractivity contribution in [2.24, 2.45) is 0 Å². The van der Waals surface area contributed by atoms with Crippen LogP contribution < -0.4 is 5.32 Å². The van der Waals surface area contributed by atoms with Gasteiger partial charge in [0.15, 0.2) is 0 Å². The van der Waals surface area contributed by atoms with Crippen molar-refractivity contribution < 1.29 is 15.0 Å². The van der Waals surface area contributed by atoms with Crippen LogP contribution in [0.3, 0.4) is 0 Å². The average molecular weight is 278 g/mol. The summed E-state index contributed by atoms with van der Waals surface area (Å²) in [6, 6.07) is 4.95. The van der Waals surface area contributed by atoms with Crippen LogP contribution in [0.2, 0.25) is 0 Å². The highest BCUT2D eigenvalue weighted by atomic mass is 16.4. The van der Waals surface area contributed by atoms with E-state index in [0.717, 1.165) is 25.7 Å². The van der Waals surface area contributed by atoms with E-state index in [4.69, 9.17) is 5.11 Å². The molecule has 0 bridgehead atoms. The highest BCUT2D eigenvalue weighted by Crippen LogP contribution is 2.26. The molecule has 5 heteroatoms. The maximum atomic E-state index is 10.8. The first kappa shape index (κ1) is 14.9. The predicted octanol–water partition coefficient (Wildman–Crippen LogP) is 1.95. The van der Waals surface area contributed by atoms with E-state index in [2.05, 4.69) is 10.3 Å². The Kier molecular flexibility index (Phi) is 5.09. The lowest BCUT2D eigenvalue weighted by atomic mass is 9.94. The van der Waals surface area contributed by atoms with Gasteiger partial charge in [-0.25, -0.2) is 9.78 Å². The van der Waals surface area contributed by atoms with Gasteiger partial charge in [0.05, 0.1) is 11.3 Å². The van der Waals surface area contributed by atoms with Gasteiger partial charge in [0.2, 0.25) is 0 Å². The second-order valence-corrected chi connectivity index (χ2v) is 5.56. The van der Waals surface area contributed by atoms with E-state index in [0.29, 0.717) is 18.8 Å². The van der Waals surface area contributed by atoms with Crippen molar-refractivity contribution in [1.29, 1.82) is 0 Å². The molecule has 2 rings (SSSR count). The zero-order valence-corrected chi connectivity index (χ0v) is 11.6. The van der Waals surface area contributed by atoms with E-state index >= 15 is 0 Å². The van der Waals surface area contributed by atoms with Crippen molar-refractivity contribution in [3.05, 3.63) is 29.6 Å². The van der Waals surface area contributed by atoms with Gasteiger partial charge in [-0.3, -0.25) is 0 Å². The molecule has 5 nitrogen and oxygen atoms in total. The molecule has 1 aromatic heterocycles. The van der Waals surface area contributed by atoms with Crippen LogP contribution in [0.25, 0.3) is 0 Å². The molecular weight excluding hydrogens is 256 g/mol. The first-order chi connectivity index (χ1) is 9.59. The van der Waals surface area contributed by atoms with Crippen LogP contribution in [0.5, 0.6) is 0 Å². The van der Waals surface area contributed by atoms with Gasteiger partial charge in [-0.1, -0.05) is 31.7 Å². The largest absolute Gasteiger partial charge is 0.477 e. The summed E-state index contributed by atoms with van der Waals surface area (Å²) in [5.74, 6) is -1.02. The minimum absolute atomic E-state index is 0.0532. The number of aromatic carboxylic acids is 1. The third kappa shape index (κ3) is 4.28. The number of carboxylic acids is 1. The van der Waals surface area contributed by atoms with Gasteiger partial charge in [-0.05, 0) is 25.0 Å². The molecule has 0 atom stereocenters. The van der Waals surface area contributed by atoms with E-state index in [1.165, 1.54) is 18.9 Å². The van der Waals surface area contributed by atoms with Gasteiger partial charge >= 0.3 is 5.97 Å². The minimum atomic E-state index is -1.02. The molecule has 1 heterocycles. The van der Waals surface area contributed by atoms with Crippen LogP contribution in [0, 0.1) is 0 Å². The maximum Gasteiger partial charge on any atom is 0.354 e. The van der Waals surface area contributed by atoms with Crippen molar-refractivity contribution in [3.8, 4) is 0 Å². The number of nitrogens with zero attached hydrogens (tertiary/aromatic N) is 1.